The Morgan fingerprint density at radius 2 is 2.10 bits per heavy atom. The fraction of sp³-hybridized carbons (Fsp3) is 0.625. The lowest BCUT2D eigenvalue weighted by atomic mass is 9.81. The summed E-state index contributed by atoms with van der Waals surface area (Å²) in [4.78, 5) is 0. The van der Waals surface area contributed by atoms with Gasteiger partial charge in [0.25, 0.3) is 0 Å². The minimum absolute atomic E-state index is 0.164. The molecular formula is C16H25BrN2O. The second-order valence-corrected chi connectivity index (χ2v) is 6.62. The summed E-state index contributed by atoms with van der Waals surface area (Å²) in [5.41, 5.74) is 4.26. The summed E-state index contributed by atoms with van der Waals surface area (Å²) in [6.07, 6.45) is 7.60. The molecule has 0 amide bonds. The van der Waals surface area contributed by atoms with Gasteiger partial charge >= 0.3 is 0 Å². The highest BCUT2D eigenvalue weighted by atomic mass is 79.9. The highest BCUT2D eigenvalue weighted by molar-refractivity contribution is 9.10. The summed E-state index contributed by atoms with van der Waals surface area (Å²) in [6.45, 7) is 0. The molecule has 0 aliphatic heterocycles. The van der Waals surface area contributed by atoms with Crippen LogP contribution in [0.3, 0.4) is 0 Å². The van der Waals surface area contributed by atoms with E-state index < -0.39 is 0 Å². The zero-order valence-electron chi connectivity index (χ0n) is 12.1. The quantitative estimate of drug-likeness (QED) is 0.616. The molecule has 0 spiro atoms. The van der Waals surface area contributed by atoms with Crippen molar-refractivity contribution >= 4 is 15.9 Å². The first-order chi connectivity index (χ1) is 9.74. The molecule has 4 heteroatoms. The topological polar surface area (TPSA) is 47.3 Å². The van der Waals surface area contributed by atoms with Crippen molar-refractivity contribution in [1.29, 1.82) is 0 Å². The third-order valence-electron chi connectivity index (χ3n) is 4.34. The summed E-state index contributed by atoms with van der Waals surface area (Å²) in [6, 6.07) is 8.57. The van der Waals surface area contributed by atoms with Gasteiger partial charge in [0.1, 0.15) is 0 Å². The van der Waals surface area contributed by atoms with E-state index in [9.17, 15) is 0 Å². The van der Waals surface area contributed by atoms with E-state index in [4.69, 9.17) is 10.6 Å². The lowest BCUT2D eigenvalue weighted by Gasteiger charge is -2.34. The molecule has 2 rings (SSSR count). The van der Waals surface area contributed by atoms with E-state index in [1.54, 1.807) is 0 Å². The number of hydrogen-bond donors (Lipinski definition) is 2. The monoisotopic (exact) mass is 340 g/mol. The fourth-order valence-electron chi connectivity index (χ4n) is 3.34. The van der Waals surface area contributed by atoms with Crippen LogP contribution in [0, 0.1) is 5.92 Å². The van der Waals surface area contributed by atoms with Gasteiger partial charge in [0.05, 0.1) is 12.1 Å². The molecule has 0 radical (unpaired) electrons. The van der Waals surface area contributed by atoms with Crippen LogP contribution in [-0.4, -0.2) is 19.3 Å². The van der Waals surface area contributed by atoms with Gasteiger partial charge in [0.2, 0.25) is 0 Å². The van der Waals surface area contributed by atoms with E-state index in [1.807, 2.05) is 13.2 Å². The van der Waals surface area contributed by atoms with Crippen molar-refractivity contribution in [2.75, 3.05) is 7.11 Å². The Kier molecular flexibility index (Phi) is 6.49. The Balaban J connectivity index is 2.04. The van der Waals surface area contributed by atoms with Crippen molar-refractivity contribution in [3.63, 3.8) is 0 Å². The summed E-state index contributed by atoms with van der Waals surface area (Å²) in [5, 5.41) is 0. The van der Waals surface area contributed by atoms with Gasteiger partial charge in [-0.15, -0.1) is 0 Å². The Morgan fingerprint density at radius 3 is 2.70 bits per heavy atom. The van der Waals surface area contributed by atoms with Crippen LogP contribution in [0.2, 0.25) is 0 Å². The summed E-state index contributed by atoms with van der Waals surface area (Å²) >= 11 is 3.52. The molecule has 112 valence electrons. The second kappa shape index (κ2) is 8.13. The Morgan fingerprint density at radius 1 is 1.35 bits per heavy atom. The van der Waals surface area contributed by atoms with Crippen molar-refractivity contribution in [2.24, 2.45) is 11.8 Å². The van der Waals surface area contributed by atoms with Crippen LogP contribution in [0.5, 0.6) is 0 Å². The number of hydrazine groups is 1. The minimum atomic E-state index is 0.164. The molecule has 3 N–H and O–H groups in total. The first kappa shape index (κ1) is 16.0. The summed E-state index contributed by atoms with van der Waals surface area (Å²) in [7, 11) is 1.81. The van der Waals surface area contributed by atoms with E-state index in [-0.39, 0.29) is 12.1 Å². The third-order valence-corrected chi connectivity index (χ3v) is 4.84. The van der Waals surface area contributed by atoms with Gasteiger partial charge in [-0.25, -0.2) is 0 Å². The van der Waals surface area contributed by atoms with Crippen LogP contribution < -0.4 is 11.3 Å². The smallest absolute Gasteiger partial charge is 0.0769 e. The summed E-state index contributed by atoms with van der Waals surface area (Å²) in [5.74, 6) is 6.43. The van der Waals surface area contributed by atoms with Crippen LogP contribution >= 0.6 is 15.9 Å². The number of nitrogens with two attached hydrogens (primary N) is 1. The van der Waals surface area contributed by atoms with E-state index in [0.29, 0.717) is 5.92 Å². The fourth-order valence-corrected chi connectivity index (χ4v) is 3.78. The highest BCUT2D eigenvalue weighted by Crippen LogP contribution is 2.30. The van der Waals surface area contributed by atoms with Gasteiger partial charge in [-0.3, -0.25) is 11.3 Å². The maximum Gasteiger partial charge on any atom is 0.0769 e. The largest absolute Gasteiger partial charge is 0.379 e. The van der Waals surface area contributed by atoms with Crippen molar-refractivity contribution in [1.82, 2.24) is 5.43 Å². The molecule has 0 aromatic heterocycles. The zero-order valence-corrected chi connectivity index (χ0v) is 13.7. The van der Waals surface area contributed by atoms with Crippen molar-refractivity contribution in [2.45, 2.75) is 50.7 Å². The van der Waals surface area contributed by atoms with E-state index >= 15 is 0 Å². The van der Waals surface area contributed by atoms with Crippen LogP contribution in [0.15, 0.2) is 28.7 Å². The molecule has 1 fully saturated rings. The molecule has 0 heterocycles. The second-order valence-electron chi connectivity index (χ2n) is 5.71. The number of rotatable bonds is 6. The van der Waals surface area contributed by atoms with Gasteiger partial charge in [-0.05, 0) is 42.9 Å². The van der Waals surface area contributed by atoms with Crippen LogP contribution in [0.25, 0.3) is 0 Å². The van der Waals surface area contributed by atoms with Crippen molar-refractivity contribution in [3.8, 4) is 0 Å². The van der Waals surface area contributed by atoms with Gasteiger partial charge in [0.15, 0.2) is 0 Å². The first-order valence-electron chi connectivity index (χ1n) is 7.48. The maximum absolute atomic E-state index is 5.80. The van der Waals surface area contributed by atoms with Gasteiger partial charge < -0.3 is 4.74 Å². The number of ether oxygens (including phenoxy) is 1. The molecule has 1 aliphatic rings. The molecular weight excluding hydrogens is 316 g/mol. The minimum Gasteiger partial charge on any atom is -0.379 e. The predicted octanol–water partition coefficient (Wildman–Crippen LogP) is 3.42. The Hall–Kier alpha value is -0.420. The molecule has 1 aromatic rings. The normalized spacial score (nSPS) is 19.8. The Bertz CT molecular complexity index is 407. The van der Waals surface area contributed by atoms with Crippen LogP contribution in [0.1, 0.15) is 37.7 Å². The molecule has 0 saturated heterocycles. The van der Waals surface area contributed by atoms with E-state index in [2.05, 4.69) is 39.6 Å². The van der Waals surface area contributed by atoms with Gasteiger partial charge in [-0.1, -0.05) is 47.3 Å². The van der Waals surface area contributed by atoms with E-state index in [1.165, 1.54) is 37.7 Å². The van der Waals surface area contributed by atoms with Gasteiger partial charge in [0, 0.05) is 11.6 Å². The lowest BCUT2D eigenvalue weighted by Crippen LogP contribution is -2.49. The maximum atomic E-state index is 5.80. The van der Waals surface area contributed by atoms with Gasteiger partial charge in [-0.2, -0.15) is 0 Å². The Labute approximate surface area is 130 Å². The summed E-state index contributed by atoms with van der Waals surface area (Å²) < 4.78 is 6.90. The van der Waals surface area contributed by atoms with Crippen molar-refractivity contribution in [3.05, 3.63) is 34.3 Å². The number of methoxy groups -OCH3 is 1. The predicted molar refractivity (Wildman–Crippen MR) is 86.3 cm³/mol. The molecule has 1 saturated carbocycles. The van der Waals surface area contributed by atoms with E-state index in [0.717, 1.165) is 10.9 Å². The van der Waals surface area contributed by atoms with Crippen LogP contribution in [-0.2, 0) is 11.2 Å². The molecule has 1 aliphatic carbocycles. The molecule has 2 unspecified atom stereocenters. The average molecular weight is 341 g/mol. The first-order valence-corrected chi connectivity index (χ1v) is 8.27. The lowest BCUT2D eigenvalue weighted by molar-refractivity contribution is 0.00827. The molecule has 1 aromatic carbocycles. The highest BCUT2D eigenvalue weighted by Gasteiger charge is 2.30. The standard InChI is InChI=1S/C16H25BrN2O/c1-20-16(13-7-3-2-4-8-13)15(19-18)11-12-6-5-9-14(17)10-12/h5-6,9-10,13,15-16,19H,2-4,7-8,11,18H2,1H3. The SMILES string of the molecule is COC(C1CCCCC1)C(Cc1cccc(Br)c1)NN. The number of nitrogens with one attached hydrogen (secondary N) is 1. The third kappa shape index (κ3) is 4.29. The molecule has 0 bridgehead atoms. The van der Waals surface area contributed by atoms with Crippen LogP contribution in [0.4, 0.5) is 0 Å². The number of halogens is 1. The molecule has 20 heavy (non-hydrogen) atoms. The number of benzene rings is 1. The molecule has 3 nitrogen and oxygen atoms in total. The molecule has 2 atom stereocenters. The zero-order chi connectivity index (χ0) is 14.4. The average Bonchev–Trinajstić information content (AvgIpc) is 2.48. The number of hydrogen-bond acceptors (Lipinski definition) is 3. The van der Waals surface area contributed by atoms with Crippen molar-refractivity contribution < 1.29 is 4.74 Å².